The Morgan fingerprint density at radius 1 is 1.21 bits per heavy atom. The Morgan fingerprint density at radius 2 is 2.00 bits per heavy atom. The molecule has 0 saturated carbocycles. The molecule has 0 aliphatic heterocycles. The second-order valence-corrected chi connectivity index (χ2v) is 4.92. The number of rotatable bonds is 1. The van der Waals surface area contributed by atoms with Crippen LogP contribution >= 0.6 is 15.9 Å². The van der Waals surface area contributed by atoms with E-state index in [2.05, 4.69) is 20.9 Å². The summed E-state index contributed by atoms with van der Waals surface area (Å²) in [5, 5.41) is 0.686. The second-order valence-electron chi connectivity index (χ2n) is 4.07. The minimum Gasteiger partial charge on any atom is -0.437 e. The van der Waals surface area contributed by atoms with Gasteiger partial charge in [-0.3, -0.25) is 4.98 Å². The molecule has 4 N–H and O–H groups in total. The van der Waals surface area contributed by atoms with Gasteiger partial charge in [0, 0.05) is 11.8 Å². The third-order valence-corrected chi connectivity index (χ3v) is 3.50. The topological polar surface area (TPSA) is 78.1 Å². The molecular weight excluding hydrogens is 313 g/mol. The fraction of sp³-hybridized carbons (Fsp3) is 0. The van der Waals surface area contributed by atoms with Crippen molar-refractivity contribution >= 4 is 38.5 Å². The highest BCUT2D eigenvalue weighted by Crippen LogP contribution is 2.37. The maximum Gasteiger partial charge on any atom is 0.214 e. The van der Waals surface area contributed by atoms with E-state index in [1.807, 2.05) is 0 Å². The van der Waals surface area contributed by atoms with Gasteiger partial charge >= 0.3 is 0 Å². The average molecular weight is 322 g/mol. The maximum atomic E-state index is 13.3. The highest BCUT2D eigenvalue weighted by molar-refractivity contribution is 9.10. The molecule has 0 aliphatic carbocycles. The number of pyridine rings is 1. The molecule has 1 aromatic carbocycles. The van der Waals surface area contributed by atoms with Crippen LogP contribution in [0.25, 0.3) is 22.1 Å². The number of halogens is 2. The minimum atomic E-state index is -0.330. The summed E-state index contributed by atoms with van der Waals surface area (Å²) in [5.41, 5.74) is 14.0. The molecule has 0 saturated heterocycles. The summed E-state index contributed by atoms with van der Waals surface area (Å²) in [4.78, 5) is 4.08. The molecule has 3 rings (SSSR count). The monoisotopic (exact) mass is 321 g/mol. The first-order chi connectivity index (χ1) is 9.08. The van der Waals surface area contributed by atoms with E-state index in [9.17, 15) is 4.39 Å². The number of furan rings is 1. The van der Waals surface area contributed by atoms with Crippen molar-refractivity contribution in [3.8, 4) is 11.1 Å². The fourth-order valence-electron chi connectivity index (χ4n) is 1.98. The van der Waals surface area contributed by atoms with Crippen LogP contribution in [-0.4, -0.2) is 4.98 Å². The molecule has 3 aromatic rings. The number of nitrogen functional groups attached to an aromatic ring is 2. The van der Waals surface area contributed by atoms with Crippen LogP contribution < -0.4 is 11.5 Å². The number of hydrogen-bond acceptors (Lipinski definition) is 4. The molecule has 4 nitrogen and oxygen atoms in total. The van der Waals surface area contributed by atoms with Crippen molar-refractivity contribution in [3.05, 3.63) is 40.9 Å². The van der Waals surface area contributed by atoms with Gasteiger partial charge in [0.2, 0.25) is 5.88 Å². The fourth-order valence-corrected chi connectivity index (χ4v) is 2.35. The zero-order valence-electron chi connectivity index (χ0n) is 9.65. The van der Waals surface area contributed by atoms with E-state index in [0.29, 0.717) is 21.1 Å². The number of anilines is 2. The number of aromatic nitrogens is 1. The zero-order valence-corrected chi connectivity index (χ0v) is 11.2. The van der Waals surface area contributed by atoms with Crippen LogP contribution in [0.3, 0.4) is 0 Å². The summed E-state index contributed by atoms with van der Waals surface area (Å²) < 4.78 is 19.0. The lowest BCUT2D eigenvalue weighted by molar-refractivity contribution is 0.621. The summed E-state index contributed by atoms with van der Waals surface area (Å²) in [5.74, 6) is -0.172. The lowest BCUT2D eigenvalue weighted by Crippen LogP contribution is -1.91. The van der Waals surface area contributed by atoms with Gasteiger partial charge in [0.25, 0.3) is 0 Å². The number of benzene rings is 1. The molecule has 0 amide bonds. The van der Waals surface area contributed by atoms with Crippen molar-refractivity contribution in [3.63, 3.8) is 0 Å². The maximum absolute atomic E-state index is 13.3. The summed E-state index contributed by atoms with van der Waals surface area (Å²) in [6.07, 6.45) is 3.19. The normalized spacial score (nSPS) is 11.1. The molecule has 0 fully saturated rings. The van der Waals surface area contributed by atoms with Gasteiger partial charge in [-0.1, -0.05) is 6.07 Å². The highest BCUT2D eigenvalue weighted by Gasteiger charge is 2.15. The average Bonchev–Trinajstić information content (AvgIpc) is 2.69. The van der Waals surface area contributed by atoms with Gasteiger partial charge in [-0.15, -0.1) is 0 Å². The smallest absolute Gasteiger partial charge is 0.214 e. The summed E-state index contributed by atoms with van der Waals surface area (Å²) in [6.45, 7) is 0. The second kappa shape index (κ2) is 4.24. The van der Waals surface area contributed by atoms with E-state index in [0.717, 1.165) is 11.1 Å². The van der Waals surface area contributed by atoms with Crippen LogP contribution in [0.1, 0.15) is 0 Å². The van der Waals surface area contributed by atoms with Gasteiger partial charge in [-0.25, -0.2) is 4.39 Å². The molecule has 0 atom stereocenters. The third kappa shape index (κ3) is 1.84. The van der Waals surface area contributed by atoms with Crippen LogP contribution in [-0.2, 0) is 0 Å². The van der Waals surface area contributed by atoms with Gasteiger partial charge in [0.1, 0.15) is 11.5 Å². The highest BCUT2D eigenvalue weighted by atomic mass is 79.9. The molecular formula is C13H9BrFN3O. The molecule has 0 radical (unpaired) electrons. The Morgan fingerprint density at radius 3 is 2.74 bits per heavy atom. The van der Waals surface area contributed by atoms with E-state index in [1.165, 1.54) is 6.07 Å². The summed E-state index contributed by atoms with van der Waals surface area (Å²) in [6, 6.07) is 4.69. The minimum absolute atomic E-state index is 0.158. The summed E-state index contributed by atoms with van der Waals surface area (Å²) >= 11 is 3.16. The third-order valence-electron chi connectivity index (χ3n) is 2.90. The van der Waals surface area contributed by atoms with E-state index >= 15 is 0 Å². The van der Waals surface area contributed by atoms with Crippen molar-refractivity contribution < 1.29 is 8.81 Å². The lowest BCUT2D eigenvalue weighted by atomic mass is 10.0. The quantitative estimate of drug-likeness (QED) is 0.718. The summed E-state index contributed by atoms with van der Waals surface area (Å²) in [7, 11) is 0. The number of hydrogen-bond donors (Lipinski definition) is 2. The van der Waals surface area contributed by atoms with Crippen LogP contribution in [0.4, 0.5) is 16.0 Å². The van der Waals surface area contributed by atoms with Crippen molar-refractivity contribution in [1.29, 1.82) is 0 Å². The van der Waals surface area contributed by atoms with Gasteiger partial charge in [-0.05, 0) is 33.6 Å². The Bertz CT molecular complexity index is 785. The van der Waals surface area contributed by atoms with Crippen molar-refractivity contribution in [1.82, 2.24) is 4.98 Å². The van der Waals surface area contributed by atoms with Crippen molar-refractivity contribution in [2.24, 2.45) is 0 Å². The number of fused-ring (bicyclic) bond motifs is 1. The molecule has 19 heavy (non-hydrogen) atoms. The molecule has 0 aliphatic rings. The SMILES string of the molecule is Nc1oc2cncc(-c3ccc(F)c(Br)c3)c2c1N. The van der Waals surface area contributed by atoms with E-state index in [1.54, 1.807) is 24.5 Å². The van der Waals surface area contributed by atoms with Crippen LogP contribution in [0.2, 0.25) is 0 Å². The first-order valence-electron chi connectivity index (χ1n) is 5.45. The first kappa shape index (κ1) is 12.0. The lowest BCUT2D eigenvalue weighted by Gasteiger charge is -2.04. The van der Waals surface area contributed by atoms with E-state index in [-0.39, 0.29) is 11.7 Å². The number of nitrogens with zero attached hydrogens (tertiary/aromatic N) is 1. The van der Waals surface area contributed by atoms with Crippen LogP contribution in [0.5, 0.6) is 0 Å². The molecule has 2 heterocycles. The Balaban J connectivity index is 2.33. The predicted molar refractivity (Wildman–Crippen MR) is 75.9 cm³/mol. The largest absolute Gasteiger partial charge is 0.437 e. The number of nitrogens with two attached hydrogens (primary N) is 2. The Kier molecular flexibility index (Phi) is 2.67. The molecule has 96 valence electrons. The van der Waals surface area contributed by atoms with Gasteiger partial charge in [0.05, 0.1) is 16.1 Å². The van der Waals surface area contributed by atoms with Crippen molar-refractivity contribution in [2.75, 3.05) is 11.5 Å². The first-order valence-corrected chi connectivity index (χ1v) is 6.24. The molecule has 0 unspecified atom stereocenters. The molecule has 0 bridgehead atoms. The Hall–Kier alpha value is -2.08. The van der Waals surface area contributed by atoms with Gasteiger partial charge < -0.3 is 15.9 Å². The van der Waals surface area contributed by atoms with Gasteiger partial charge in [-0.2, -0.15) is 0 Å². The van der Waals surface area contributed by atoms with Crippen LogP contribution in [0.15, 0.2) is 39.5 Å². The Labute approximate surface area is 116 Å². The predicted octanol–water partition coefficient (Wildman–Crippen LogP) is 3.56. The molecule has 0 spiro atoms. The zero-order chi connectivity index (χ0) is 13.6. The van der Waals surface area contributed by atoms with E-state index in [4.69, 9.17) is 15.9 Å². The van der Waals surface area contributed by atoms with Gasteiger partial charge in [0.15, 0.2) is 5.58 Å². The van der Waals surface area contributed by atoms with E-state index < -0.39 is 0 Å². The standard InChI is InChI=1S/C13H9BrFN3O/c14-8-3-6(1-2-9(8)15)7-4-18-5-10-11(7)12(16)13(17)19-10/h1-5H,16-17H2. The molecule has 6 heteroatoms. The van der Waals surface area contributed by atoms with Crippen molar-refractivity contribution in [2.45, 2.75) is 0 Å². The van der Waals surface area contributed by atoms with Crippen LogP contribution in [0, 0.1) is 5.82 Å². The molecule has 2 aromatic heterocycles.